The zero-order valence-corrected chi connectivity index (χ0v) is 21.7. The minimum Gasteiger partial charge on any atom is -0.354 e. The van der Waals surface area contributed by atoms with Crippen LogP contribution in [0.5, 0.6) is 0 Å². The predicted octanol–water partition coefficient (Wildman–Crippen LogP) is 3.79. The number of rotatable bonds is 12. The molecule has 1 N–H and O–H groups in total. The van der Waals surface area contributed by atoms with Crippen LogP contribution in [-0.2, 0) is 26.2 Å². The van der Waals surface area contributed by atoms with Crippen LogP contribution >= 0.6 is 0 Å². The second kappa shape index (κ2) is 12.6. The molecule has 2 rings (SSSR count). The van der Waals surface area contributed by atoms with Crippen LogP contribution in [0.2, 0.25) is 0 Å². The van der Waals surface area contributed by atoms with Crippen molar-refractivity contribution in [1.29, 1.82) is 0 Å². The van der Waals surface area contributed by atoms with E-state index >= 15 is 0 Å². The van der Waals surface area contributed by atoms with Crippen molar-refractivity contribution < 1.29 is 18.0 Å². The SMILES string of the molecule is CCCCNC(=O)C(CC)N(Cc1ccc(C)cc1)C(=O)CN(c1cccc(C)c1)S(C)(=O)=O. The number of hydrogen-bond acceptors (Lipinski definition) is 4. The predicted molar refractivity (Wildman–Crippen MR) is 137 cm³/mol. The molecular formula is C26H37N3O4S. The Kier molecular flexibility index (Phi) is 10.1. The van der Waals surface area contributed by atoms with Crippen LogP contribution in [0.25, 0.3) is 0 Å². The molecular weight excluding hydrogens is 450 g/mol. The number of hydrogen-bond donors (Lipinski definition) is 1. The Labute approximate surface area is 204 Å². The lowest BCUT2D eigenvalue weighted by Crippen LogP contribution is -2.52. The van der Waals surface area contributed by atoms with Crippen molar-refractivity contribution in [1.82, 2.24) is 10.2 Å². The maximum absolute atomic E-state index is 13.6. The maximum Gasteiger partial charge on any atom is 0.244 e. The molecule has 0 saturated heterocycles. The van der Waals surface area contributed by atoms with Gasteiger partial charge in [-0.2, -0.15) is 0 Å². The molecule has 0 aromatic heterocycles. The quantitative estimate of drug-likeness (QED) is 0.462. The largest absolute Gasteiger partial charge is 0.354 e. The molecule has 0 fully saturated rings. The highest BCUT2D eigenvalue weighted by Crippen LogP contribution is 2.21. The van der Waals surface area contributed by atoms with E-state index in [4.69, 9.17) is 0 Å². The van der Waals surface area contributed by atoms with Crippen molar-refractivity contribution >= 4 is 27.5 Å². The highest BCUT2D eigenvalue weighted by atomic mass is 32.2. The van der Waals surface area contributed by atoms with Crippen LogP contribution < -0.4 is 9.62 Å². The Morgan fingerprint density at radius 3 is 2.24 bits per heavy atom. The van der Waals surface area contributed by atoms with Crippen molar-refractivity contribution in [3.63, 3.8) is 0 Å². The zero-order chi connectivity index (χ0) is 25.3. The molecule has 0 spiro atoms. The van der Waals surface area contributed by atoms with Gasteiger partial charge in [0.2, 0.25) is 21.8 Å². The summed E-state index contributed by atoms with van der Waals surface area (Å²) in [6, 6.07) is 14.1. The molecule has 2 amide bonds. The van der Waals surface area contributed by atoms with Crippen LogP contribution in [0.4, 0.5) is 5.69 Å². The molecule has 0 aliphatic heterocycles. The van der Waals surface area contributed by atoms with Gasteiger partial charge in [-0.25, -0.2) is 8.42 Å². The van der Waals surface area contributed by atoms with Gasteiger partial charge >= 0.3 is 0 Å². The van der Waals surface area contributed by atoms with Gasteiger partial charge < -0.3 is 10.2 Å². The number of amides is 2. The van der Waals surface area contributed by atoms with Gasteiger partial charge in [-0.05, 0) is 49.9 Å². The van der Waals surface area contributed by atoms with E-state index in [9.17, 15) is 18.0 Å². The number of aryl methyl sites for hydroxylation is 2. The lowest BCUT2D eigenvalue weighted by atomic mass is 10.1. The maximum atomic E-state index is 13.6. The van der Waals surface area contributed by atoms with Crippen LogP contribution in [0.3, 0.4) is 0 Å². The summed E-state index contributed by atoms with van der Waals surface area (Å²) < 4.78 is 26.3. The fourth-order valence-corrected chi connectivity index (χ4v) is 4.55. The third-order valence-corrected chi connectivity index (χ3v) is 6.80. The third-order valence-electron chi connectivity index (χ3n) is 5.66. The van der Waals surface area contributed by atoms with Crippen molar-refractivity contribution in [2.24, 2.45) is 0 Å². The first-order valence-corrected chi connectivity index (χ1v) is 13.6. The van der Waals surface area contributed by atoms with Crippen molar-refractivity contribution in [2.75, 3.05) is 23.7 Å². The fourth-order valence-electron chi connectivity index (χ4n) is 3.71. The summed E-state index contributed by atoms with van der Waals surface area (Å²) >= 11 is 0. The zero-order valence-electron chi connectivity index (χ0n) is 20.9. The molecule has 1 unspecified atom stereocenters. The summed E-state index contributed by atoms with van der Waals surface area (Å²) in [5, 5.41) is 2.92. The molecule has 2 aromatic carbocycles. The first-order valence-electron chi connectivity index (χ1n) is 11.7. The molecule has 186 valence electrons. The first-order chi connectivity index (χ1) is 16.1. The number of carbonyl (C=O) groups excluding carboxylic acids is 2. The molecule has 7 nitrogen and oxygen atoms in total. The summed E-state index contributed by atoms with van der Waals surface area (Å²) in [4.78, 5) is 28.1. The molecule has 0 aliphatic rings. The number of nitrogens with one attached hydrogen (secondary N) is 1. The van der Waals surface area contributed by atoms with Crippen molar-refractivity contribution in [3.05, 3.63) is 65.2 Å². The molecule has 0 heterocycles. The minimum absolute atomic E-state index is 0.213. The van der Waals surface area contributed by atoms with Gasteiger partial charge in [0.25, 0.3) is 0 Å². The average Bonchev–Trinajstić information content (AvgIpc) is 2.78. The van der Waals surface area contributed by atoms with E-state index in [2.05, 4.69) is 5.32 Å². The Hall–Kier alpha value is -2.87. The number of unbranched alkanes of at least 4 members (excludes halogenated alkanes) is 1. The molecule has 1 atom stereocenters. The van der Waals surface area contributed by atoms with Gasteiger partial charge in [0.05, 0.1) is 11.9 Å². The molecule has 0 aliphatic carbocycles. The second-order valence-electron chi connectivity index (χ2n) is 8.68. The van der Waals surface area contributed by atoms with Crippen LogP contribution in [0.15, 0.2) is 48.5 Å². The van der Waals surface area contributed by atoms with Gasteiger partial charge in [0, 0.05) is 13.1 Å². The van der Waals surface area contributed by atoms with Gasteiger partial charge in [0.1, 0.15) is 12.6 Å². The van der Waals surface area contributed by atoms with Gasteiger partial charge in [0.15, 0.2) is 0 Å². The average molecular weight is 488 g/mol. The lowest BCUT2D eigenvalue weighted by molar-refractivity contribution is -0.140. The van der Waals surface area contributed by atoms with Crippen molar-refractivity contribution in [3.8, 4) is 0 Å². The summed E-state index contributed by atoms with van der Waals surface area (Å²) in [5.41, 5.74) is 3.28. The Morgan fingerprint density at radius 2 is 1.68 bits per heavy atom. The second-order valence-corrected chi connectivity index (χ2v) is 10.6. The van der Waals surface area contributed by atoms with E-state index in [1.54, 1.807) is 18.2 Å². The van der Waals surface area contributed by atoms with E-state index in [0.717, 1.165) is 40.1 Å². The van der Waals surface area contributed by atoms with Crippen LogP contribution in [0.1, 0.15) is 49.8 Å². The van der Waals surface area contributed by atoms with Crippen LogP contribution in [-0.4, -0.2) is 50.5 Å². The highest BCUT2D eigenvalue weighted by molar-refractivity contribution is 7.92. The van der Waals surface area contributed by atoms with E-state index in [1.165, 1.54) is 4.90 Å². The standard InChI is InChI=1S/C26H37N3O4S/c1-6-8-16-27-26(31)24(7-2)28(18-22-14-12-20(3)13-15-22)25(30)19-29(34(5,32)33)23-11-9-10-21(4)17-23/h9-15,17,24H,6-8,16,18-19H2,1-5H3,(H,27,31). The molecule has 0 saturated carbocycles. The summed E-state index contributed by atoms with van der Waals surface area (Å²) in [5.74, 6) is -0.650. The summed E-state index contributed by atoms with van der Waals surface area (Å²) in [6.45, 7) is 8.11. The summed E-state index contributed by atoms with van der Waals surface area (Å²) in [6.07, 6.45) is 3.30. The topological polar surface area (TPSA) is 86.8 Å². The minimum atomic E-state index is -3.73. The number of nitrogens with zero attached hydrogens (tertiary/aromatic N) is 2. The van der Waals surface area contributed by atoms with Gasteiger partial charge in [-0.15, -0.1) is 0 Å². The third kappa shape index (κ3) is 7.87. The number of sulfonamides is 1. The lowest BCUT2D eigenvalue weighted by Gasteiger charge is -2.33. The van der Waals surface area contributed by atoms with Gasteiger partial charge in [-0.3, -0.25) is 13.9 Å². The van der Waals surface area contributed by atoms with Crippen LogP contribution in [0, 0.1) is 13.8 Å². The molecule has 34 heavy (non-hydrogen) atoms. The molecule has 8 heteroatoms. The number of carbonyl (C=O) groups is 2. The number of benzene rings is 2. The van der Waals surface area contributed by atoms with E-state index in [0.29, 0.717) is 18.7 Å². The van der Waals surface area contributed by atoms with Crippen molar-refractivity contribution in [2.45, 2.75) is 59.5 Å². The monoisotopic (exact) mass is 487 g/mol. The first kappa shape index (κ1) is 27.4. The Bertz CT molecular complexity index is 1070. The Balaban J connectivity index is 2.39. The molecule has 0 radical (unpaired) electrons. The Morgan fingerprint density at radius 1 is 1.00 bits per heavy atom. The highest BCUT2D eigenvalue weighted by Gasteiger charge is 2.31. The molecule has 2 aromatic rings. The van der Waals surface area contributed by atoms with Gasteiger partial charge in [-0.1, -0.05) is 62.2 Å². The number of anilines is 1. The van der Waals surface area contributed by atoms with E-state index in [-0.39, 0.29) is 19.0 Å². The van der Waals surface area contributed by atoms with E-state index in [1.807, 2.05) is 58.0 Å². The summed E-state index contributed by atoms with van der Waals surface area (Å²) in [7, 11) is -3.73. The molecule has 0 bridgehead atoms. The normalized spacial score (nSPS) is 12.1. The van der Waals surface area contributed by atoms with E-state index < -0.39 is 22.0 Å². The smallest absolute Gasteiger partial charge is 0.244 e. The fraction of sp³-hybridized carbons (Fsp3) is 0.462.